The second-order valence-electron chi connectivity index (χ2n) is 4.97. The van der Waals surface area contributed by atoms with Crippen molar-refractivity contribution in [3.05, 3.63) is 17.7 Å². The lowest BCUT2D eigenvalue weighted by Gasteiger charge is -2.15. The number of nitrogens with one attached hydrogen (secondary N) is 2. The van der Waals surface area contributed by atoms with E-state index in [2.05, 4.69) is 10.6 Å². The van der Waals surface area contributed by atoms with Crippen molar-refractivity contribution in [3.63, 3.8) is 0 Å². The summed E-state index contributed by atoms with van der Waals surface area (Å²) in [6.07, 6.45) is 0.259. The van der Waals surface area contributed by atoms with Gasteiger partial charge in [0.15, 0.2) is 11.5 Å². The van der Waals surface area contributed by atoms with Crippen LogP contribution in [0.5, 0.6) is 17.2 Å². The number of hydrogen-bond donors (Lipinski definition) is 2. The van der Waals surface area contributed by atoms with Crippen LogP contribution in [0.15, 0.2) is 12.1 Å². The number of likely N-dealkylation sites (N-methyl/N-ethyl adjacent to an activating group) is 1. The van der Waals surface area contributed by atoms with E-state index in [4.69, 9.17) is 14.2 Å². The normalized spacial score (nSPS) is 11.2. The number of carbonyl (C=O) groups is 1. The van der Waals surface area contributed by atoms with E-state index in [0.29, 0.717) is 23.8 Å². The summed E-state index contributed by atoms with van der Waals surface area (Å²) >= 11 is 0. The topological polar surface area (TPSA) is 68.8 Å². The van der Waals surface area contributed by atoms with Crippen LogP contribution < -0.4 is 24.8 Å². The van der Waals surface area contributed by atoms with Crippen LogP contribution >= 0.6 is 12.4 Å². The van der Waals surface area contributed by atoms with E-state index in [-0.39, 0.29) is 30.8 Å². The van der Waals surface area contributed by atoms with Crippen molar-refractivity contribution in [1.82, 2.24) is 10.6 Å². The zero-order valence-electron chi connectivity index (χ0n) is 14.4. The predicted molar refractivity (Wildman–Crippen MR) is 93.2 cm³/mol. The van der Waals surface area contributed by atoms with E-state index < -0.39 is 0 Å². The predicted octanol–water partition coefficient (Wildman–Crippen LogP) is 1.79. The molecule has 0 unspecified atom stereocenters. The molecule has 23 heavy (non-hydrogen) atoms. The average Bonchev–Trinajstić information content (AvgIpc) is 2.52. The molecule has 0 saturated carbocycles. The molecule has 0 aliphatic rings. The summed E-state index contributed by atoms with van der Waals surface area (Å²) in [4.78, 5) is 12.0. The van der Waals surface area contributed by atoms with Crippen LogP contribution in [0.3, 0.4) is 0 Å². The number of ether oxygens (including phenoxy) is 3. The van der Waals surface area contributed by atoms with E-state index in [1.807, 2.05) is 13.8 Å². The molecule has 0 fully saturated rings. The van der Waals surface area contributed by atoms with Gasteiger partial charge < -0.3 is 24.8 Å². The summed E-state index contributed by atoms with van der Waals surface area (Å²) in [5.74, 6) is 1.57. The first-order valence-corrected chi connectivity index (χ1v) is 7.34. The van der Waals surface area contributed by atoms with Gasteiger partial charge in [-0.25, -0.2) is 0 Å². The fourth-order valence-corrected chi connectivity index (χ4v) is 2.17. The first kappa shape index (κ1) is 21.3. The number of methoxy groups -OCH3 is 3. The summed E-state index contributed by atoms with van der Waals surface area (Å²) in [7, 11) is 4.66. The van der Waals surface area contributed by atoms with Gasteiger partial charge in [-0.1, -0.05) is 6.92 Å². The smallest absolute Gasteiger partial charge is 0.224 e. The molecule has 0 heterocycles. The number of amides is 1. The number of rotatable bonds is 9. The van der Waals surface area contributed by atoms with Crippen molar-refractivity contribution in [2.24, 2.45) is 0 Å². The third kappa shape index (κ3) is 6.54. The van der Waals surface area contributed by atoms with Gasteiger partial charge >= 0.3 is 0 Å². The quantitative estimate of drug-likeness (QED) is 0.713. The van der Waals surface area contributed by atoms with Crippen molar-refractivity contribution in [1.29, 1.82) is 0 Å². The SMILES string of the molecule is CCN[C@H](C)CNC(=O)Cc1cc(OC)c(OC)c(OC)c1.Cl. The van der Waals surface area contributed by atoms with Gasteiger partial charge in [-0.2, -0.15) is 0 Å². The average molecular weight is 347 g/mol. The zero-order valence-corrected chi connectivity index (χ0v) is 15.2. The minimum atomic E-state index is -0.0426. The Kier molecular flexibility index (Phi) is 10.2. The van der Waals surface area contributed by atoms with Crippen LogP contribution in [-0.2, 0) is 11.2 Å². The number of halogens is 1. The van der Waals surface area contributed by atoms with Gasteiger partial charge in [0.1, 0.15) is 0 Å². The Morgan fingerprint density at radius 2 is 1.70 bits per heavy atom. The van der Waals surface area contributed by atoms with E-state index in [0.717, 1.165) is 12.1 Å². The van der Waals surface area contributed by atoms with Gasteiger partial charge in [-0.15, -0.1) is 12.4 Å². The second kappa shape index (κ2) is 11.0. The van der Waals surface area contributed by atoms with Crippen LogP contribution in [0.25, 0.3) is 0 Å². The molecule has 132 valence electrons. The zero-order chi connectivity index (χ0) is 16.5. The second-order valence-corrected chi connectivity index (χ2v) is 4.97. The minimum Gasteiger partial charge on any atom is -0.493 e. The molecule has 1 aromatic rings. The van der Waals surface area contributed by atoms with E-state index in [1.54, 1.807) is 33.5 Å². The van der Waals surface area contributed by atoms with Gasteiger partial charge in [0.25, 0.3) is 0 Å². The van der Waals surface area contributed by atoms with Gasteiger partial charge in [-0.3, -0.25) is 4.79 Å². The first-order valence-electron chi connectivity index (χ1n) is 7.34. The van der Waals surface area contributed by atoms with Crippen molar-refractivity contribution >= 4 is 18.3 Å². The first-order chi connectivity index (χ1) is 10.5. The summed E-state index contributed by atoms with van der Waals surface area (Å²) in [5, 5.41) is 6.15. The third-order valence-corrected chi connectivity index (χ3v) is 3.25. The molecule has 7 heteroatoms. The molecule has 0 radical (unpaired) electrons. The number of hydrogen-bond acceptors (Lipinski definition) is 5. The Morgan fingerprint density at radius 1 is 1.13 bits per heavy atom. The largest absolute Gasteiger partial charge is 0.493 e. The van der Waals surface area contributed by atoms with E-state index >= 15 is 0 Å². The molecule has 1 rings (SSSR count). The lowest BCUT2D eigenvalue weighted by Crippen LogP contribution is -2.39. The Balaban J connectivity index is 0.00000484. The Hall–Kier alpha value is -1.66. The lowest BCUT2D eigenvalue weighted by molar-refractivity contribution is -0.120. The van der Waals surface area contributed by atoms with Crippen molar-refractivity contribution in [2.45, 2.75) is 26.3 Å². The minimum absolute atomic E-state index is 0. The highest BCUT2D eigenvalue weighted by molar-refractivity contribution is 5.85. The van der Waals surface area contributed by atoms with Crippen molar-refractivity contribution in [2.75, 3.05) is 34.4 Å². The molecule has 2 N–H and O–H groups in total. The molecular weight excluding hydrogens is 320 g/mol. The highest BCUT2D eigenvalue weighted by Crippen LogP contribution is 2.38. The number of benzene rings is 1. The van der Waals surface area contributed by atoms with Crippen LogP contribution in [-0.4, -0.2) is 46.4 Å². The molecule has 1 atom stereocenters. The molecule has 0 saturated heterocycles. The number of carbonyl (C=O) groups excluding carboxylic acids is 1. The molecule has 0 aromatic heterocycles. The van der Waals surface area contributed by atoms with Gasteiger partial charge in [0.2, 0.25) is 11.7 Å². The lowest BCUT2D eigenvalue weighted by atomic mass is 10.1. The molecule has 1 aromatic carbocycles. The maximum Gasteiger partial charge on any atom is 0.224 e. The van der Waals surface area contributed by atoms with Crippen LogP contribution in [0.2, 0.25) is 0 Å². The Morgan fingerprint density at radius 3 is 2.13 bits per heavy atom. The van der Waals surface area contributed by atoms with Crippen LogP contribution in [0.1, 0.15) is 19.4 Å². The molecule has 0 bridgehead atoms. The summed E-state index contributed by atoms with van der Waals surface area (Å²) in [6.45, 7) is 5.54. The van der Waals surface area contributed by atoms with Crippen molar-refractivity contribution < 1.29 is 19.0 Å². The van der Waals surface area contributed by atoms with E-state index in [1.165, 1.54) is 0 Å². The fourth-order valence-electron chi connectivity index (χ4n) is 2.17. The van der Waals surface area contributed by atoms with Gasteiger partial charge in [0, 0.05) is 12.6 Å². The Labute approximate surface area is 144 Å². The third-order valence-electron chi connectivity index (χ3n) is 3.25. The molecule has 0 aliphatic heterocycles. The van der Waals surface area contributed by atoms with Crippen LogP contribution in [0, 0.1) is 0 Å². The van der Waals surface area contributed by atoms with Gasteiger partial charge in [0.05, 0.1) is 27.8 Å². The summed E-state index contributed by atoms with van der Waals surface area (Å²) in [6, 6.07) is 3.82. The monoisotopic (exact) mass is 346 g/mol. The Bertz CT molecular complexity index is 472. The molecule has 1 amide bonds. The van der Waals surface area contributed by atoms with Gasteiger partial charge in [-0.05, 0) is 31.2 Å². The highest BCUT2D eigenvalue weighted by atomic mass is 35.5. The van der Waals surface area contributed by atoms with Crippen LogP contribution in [0.4, 0.5) is 0 Å². The fraction of sp³-hybridized carbons (Fsp3) is 0.562. The molecule has 0 aliphatic carbocycles. The molecular formula is C16H27ClN2O4. The molecule has 6 nitrogen and oxygen atoms in total. The highest BCUT2D eigenvalue weighted by Gasteiger charge is 2.15. The van der Waals surface area contributed by atoms with Crippen molar-refractivity contribution in [3.8, 4) is 17.2 Å². The maximum absolute atomic E-state index is 12.0. The summed E-state index contributed by atoms with van der Waals surface area (Å²) < 4.78 is 15.8. The maximum atomic E-state index is 12.0. The standard InChI is InChI=1S/C16H26N2O4.ClH/c1-6-17-11(2)10-18-15(19)9-12-7-13(20-3)16(22-5)14(8-12)21-4;/h7-8,11,17H,6,9-10H2,1-5H3,(H,18,19);1H/t11-;/m1./s1. The summed E-state index contributed by atoms with van der Waals surface area (Å²) in [5.41, 5.74) is 0.808. The van der Waals surface area contributed by atoms with E-state index in [9.17, 15) is 4.79 Å². The molecule has 0 spiro atoms.